The first-order valence-corrected chi connectivity index (χ1v) is 9.30. The van der Waals surface area contributed by atoms with Gasteiger partial charge in [-0.05, 0) is 31.6 Å². The third-order valence-electron chi connectivity index (χ3n) is 4.22. The van der Waals surface area contributed by atoms with Crippen LogP contribution in [0.1, 0.15) is 71.6 Å². The Hall–Kier alpha value is -1.46. The molecule has 0 aliphatic heterocycles. The van der Waals surface area contributed by atoms with Crippen LogP contribution in [0.25, 0.3) is 0 Å². The summed E-state index contributed by atoms with van der Waals surface area (Å²) in [7, 11) is 0. The molecular weight excluding hydrogens is 312 g/mol. The average molecular weight is 344 g/mol. The van der Waals surface area contributed by atoms with Gasteiger partial charge in [0.1, 0.15) is 12.7 Å². The van der Waals surface area contributed by atoms with Gasteiger partial charge in [0, 0.05) is 0 Å². The van der Waals surface area contributed by atoms with Gasteiger partial charge in [-0.3, -0.25) is 0 Å². The minimum Gasteiger partial charge on any atom is -0.434 e. The van der Waals surface area contributed by atoms with Gasteiger partial charge in [0.05, 0.1) is 13.2 Å². The number of ether oxygens (including phenoxy) is 4. The van der Waals surface area contributed by atoms with Gasteiger partial charge in [-0.25, -0.2) is 9.59 Å². The standard InChI is InChI=1S/C18H32O6/c1-3-5-12-21-17(19)23-14-16(15-10-8-7-9-11-15)24-18(20)22-13-6-4-2/h15-16H,3-14H2,1-2H3. The van der Waals surface area contributed by atoms with Gasteiger partial charge in [-0.15, -0.1) is 0 Å². The second kappa shape index (κ2) is 12.9. The van der Waals surface area contributed by atoms with Crippen molar-refractivity contribution in [3.8, 4) is 0 Å². The highest BCUT2D eigenvalue weighted by atomic mass is 16.8. The van der Waals surface area contributed by atoms with Crippen LogP contribution in [-0.2, 0) is 18.9 Å². The largest absolute Gasteiger partial charge is 0.508 e. The van der Waals surface area contributed by atoms with Crippen molar-refractivity contribution in [1.29, 1.82) is 0 Å². The quantitative estimate of drug-likeness (QED) is 0.417. The van der Waals surface area contributed by atoms with Crippen molar-refractivity contribution >= 4 is 12.3 Å². The molecule has 1 unspecified atom stereocenters. The van der Waals surface area contributed by atoms with E-state index in [1.54, 1.807) is 0 Å². The highest BCUT2D eigenvalue weighted by molar-refractivity contribution is 5.61. The van der Waals surface area contributed by atoms with Crippen LogP contribution in [0.4, 0.5) is 9.59 Å². The fraction of sp³-hybridized carbons (Fsp3) is 0.889. The van der Waals surface area contributed by atoms with Crippen LogP contribution in [0.3, 0.4) is 0 Å². The molecule has 0 saturated heterocycles. The summed E-state index contributed by atoms with van der Waals surface area (Å²) in [5, 5.41) is 0. The zero-order chi connectivity index (χ0) is 17.6. The molecule has 0 aromatic heterocycles. The van der Waals surface area contributed by atoms with Crippen LogP contribution in [0.2, 0.25) is 0 Å². The third-order valence-corrected chi connectivity index (χ3v) is 4.22. The van der Waals surface area contributed by atoms with E-state index in [9.17, 15) is 9.59 Å². The normalized spacial score (nSPS) is 16.2. The lowest BCUT2D eigenvalue weighted by molar-refractivity contribution is -0.0429. The Kier molecular flexibility index (Phi) is 11.1. The molecule has 0 radical (unpaired) electrons. The molecule has 6 nitrogen and oxygen atoms in total. The average Bonchev–Trinajstić information content (AvgIpc) is 2.60. The predicted octanol–water partition coefficient (Wildman–Crippen LogP) is 4.84. The van der Waals surface area contributed by atoms with Gasteiger partial charge in [0.2, 0.25) is 0 Å². The molecule has 1 saturated carbocycles. The minimum absolute atomic E-state index is 0.0263. The predicted molar refractivity (Wildman–Crippen MR) is 89.9 cm³/mol. The van der Waals surface area contributed by atoms with Gasteiger partial charge in [-0.1, -0.05) is 46.0 Å². The number of hydrogen-bond acceptors (Lipinski definition) is 6. The number of rotatable bonds is 10. The summed E-state index contributed by atoms with van der Waals surface area (Å²) in [4.78, 5) is 23.4. The second-order valence-corrected chi connectivity index (χ2v) is 6.27. The molecule has 0 aromatic carbocycles. The molecule has 24 heavy (non-hydrogen) atoms. The van der Waals surface area contributed by atoms with Gasteiger partial charge >= 0.3 is 12.3 Å². The Morgan fingerprint density at radius 2 is 1.46 bits per heavy atom. The molecule has 0 N–H and O–H groups in total. The van der Waals surface area contributed by atoms with Crippen LogP contribution in [-0.4, -0.2) is 38.2 Å². The fourth-order valence-electron chi connectivity index (χ4n) is 2.72. The van der Waals surface area contributed by atoms with E-state index >= 15 is 0 Å². The smallest absolute Gasteiger partial charge is 0.434 e. The molecule has 0 heterocycles. The van der Waals surface area contributed by atoms with E-state index in [4.69, 9.17) is 18.9 Å². The fourth-order valence-corrected chi connectivity index (χ4v) is 2.72. The molecule has 1 aliphatic rings. The first-order valence-electron chi connectivity index (χ1n) is 9.30. The van der Waals surface area contributed by atoms with E-state index in [0.717, 1.165) is 51.4 Å². The van der Waals surface area contributed by atoms with Crippen LogP contribution in [0, 0.1) is 5.92 Å². The number of carbonyl (C=O) groups excluding carboxylic acids is 2. The van der Waals surface area contributed by atoms with Crippen molar-refractivity contribution < 1.29 is 28.5 Å². The maximum Gasteiger partial charge on any atom is 0.508 e. The summed E-state index contributed by atoms with van der Waals surface area (Å²) in [6.07, 6.45) is 7.04. The van der Waals surface area contributed by atoms with E-state index in [0.29, 0.717) is 13.2 Å². The molecule has 1 atom stereocenters. The lowest BCUT2D eigenvalue weighted by Crippen LogP contribution is -2.34. The molecule has 0 bridgehead atoms. The highest BCUT2D eigenvalue weighted by Crippen LogP contribution is 2.28. The molecule has 0 amide bonds. The van der Waals surface area contributed by atoms with Gasteiger partial charge in [0.25, 0.3) is 0 Å². The SMILES string of the molecule is CCCCOC(=O)OCC(OC(=O)OCCCC)C1CCCCC1. The zero-order valence-electron chi connectivity index (χ0n) is 15.1. The van der Waals surface area contributed by atoms with E-state index < -0.39 is 18.4 Å². The Balaban J connectivity index is 2.42. The second-order valence-electron chi connectivity index (χ2n) is 6.27. The maximum absolute atomic E-state index is 11.8. The zero-order valence-corrected chi connectivity index (χ0v) is 15.1. The van der Waals surface area contributed by atoms with Gasteiger partial charge in [-0.2, -0.15) is 0 Å². The summed E-state index contributed by atoms with van der Waals surface area (Å²) >= 11 is 0. The number of hydrogen-bond donors (Lipinski definition) is 0. The maximum atomic E-state index is 11.8. The third kappa shape index (κ3) is 8.99. The summed E-state index contributed by atoms with van der Waals surface area (Å²) in [5.74, 6) is 0.209. The molecular formula is C18H32O6. The molecule has 1 aliphatic carbocycles. The van der Waals surface area contributed by atoms with Crippen molar-refractivity contribution in [2.45, 2.75) is 77.7 Å². The first kappa shape index (κ1) is 20.6. The topological polar surface area (TPSA) is 71.1 Å². The number of carbonyl (C=O) groups is 2. The molecule has 1 fully saturated rings. The Bertz CT molecular complexity index is 351. The molecule has 1 rings (SSSR count). The highest BCUT2D eigenvalue weighted by Gasteiger charge is 2.29. The summed E-state index contributed by atoms with van der Waals surface area (Å²) in [6, 6.07) is 0. The summed E-state index contributed by atoms with van der Waals surface area (Å²) in [6.45, 7) is 4.78. The van der Waals surface area contributed by atoms with E-state index in [2.05, 4.69) is 0 Å². The molecule has 0 spiro atoms. The molecule has 140 valence electrons. The van der Waals surface area contributed by atoms with Crippen LogP contribution >= 0.6 is 0 Å². The van der Waals surface area contributed by atoms with Crippen molar-refractivity contribution in [1.82, 2.24) is 0 Å². The number of unbranched alkanes of at least 4 members (excludes halogenated alkanes) is 2. The van der Waals surface area contributed by atoms with E-state index in [-0.39, 0.29) is 12.5 Å². The van der Waals surface area contributed by atoms with E-state index in [1.165, 1.54) is 6.42 Å². The lowest BCUT2D eigenvalue weighted by Gasteiger charge is -2.29. The first-order chi connectivity index (χ1) is 11.7. The molecule has 6 heteroatoms. The Morgan fingerprint density at radius 1 is 0.875 bits per heavy atom. The summed E-state index contributed by atoms with van der Waals surface area (Å²) in [5.41, 5.74) is 0. The van der Waals surface area contributed by atoms with Gasteiger partial charge in [0.15, 0.2) is 0 Å². The van der Waals surface area contributed by atoms with Crippen molar-refractivity contribution in [2.75, 3.05) is 19.8 Å². The lowest BCUT2D eigenvalue weighted by atomic mass is 9.85. The Labute approximate surface area is 145 Å². The van der Waals surface area contributed by atoms with Crippen LogP contribution in [0.5, 0.6) is 0 Å². The van der Waals surface area contributed by atoms with Gasteiger partial charge < -0.3 is 18.9 Å². The van der Waals surface area contributed by atoms with Crippen LogP contribution < -0.4 is 0 Å². The van der Waals surface area contributed by atoms with Crippen LogP contribution in [0.15, 0.2) is 0 Å². The van der Waals surface area contributed by atoms with Crippen molar-refractivity contribution in [3.05, 3.63) is 0 Å². The van der Waals surface area contributed by atoms with Crippen molar-refractivity contribution in [2.24, 2.45) is 5.92 Å². The Morgan fingerprint density at radius 3 is 2.04 bits per heavy atom. The molecule has 0 aromatic rings. The minimum atomic E-state index is -0.702. The monoisotopic (exact) mass is 344 g/mol. The van der Waals surface area contributed by atoms with Crippen molar-refractivity contribution in [3.63, 3.8) is 0 Å². The van der Waals surface area contributed by atoms with E-state index in [1.807, 2.05) is 13.8 Å². The summed E-state index contributed by atoms with van der Waals surface area (Å²) < 4.78 is 20.6.